The molecule has 21 heavy (non-hydrogen) atoms. The maximum atomic E-state index is 13.0. The van der Waals surface area contributed by atoms with Gasteiger partial charge in [0.2, 0.25) is 11.8 Å². The van der Waals surface area contributed by atoms with Crippen molar-refractivity contribution >= 4 is 11.8 Å². The minimum Gasteiger partial charge on any atom is -0.344 e. The first-order valence-electron chi connectivity index (χ1n) is 8.66. The maximum Gasteiger partial charge on any atom is 0.245 e. The second kappa shape index (κ2) is 7.28. The summed E-state index contributed by atoms with van der Waals surface area (Å²) in [7, 11) is 0. The third-order valence-electron chi connectivity index (χ3n) is 5.22. The molecule has 0 aromatic heterocycles. The normalized spacial score (nSPS) is 30.5. The predicted octanol–water partition coefficient (Wildman–Crippen LogP) is 2.86. The van der Waals surface area contributed by atoms with Gasteiger partial charge in [-0.1, -0.05) is 46.0 Å². The van der Waals surface area contributed by atoms with Crippen molar-refractivity contribution in [3.8, 4) is 0 Å². The standard InChI is InChI=1S/C17H30N2O2/c1-4-12(2)16-17(21)19(13(3)11-15(20)18-16)14-9-7-5-6-8-10-14/h12-14,16H,4-11H2,1-3H3,(H,18,20). The summed E-state index contributed by atoms with van der Waals surface area (Å²) in [6, 6.07) is 0.0135. The Hall–Kier alpha value is -1.06. The molecule has 2 fully saturated rings. The van der Waals surface area contributed by atoms with Gasteiger partial charge in [0.25, 0.3) is 0 Å². The van der Waals surface area contributed by atoms with Crippen LogP contribution in [0.3, 0.4) is 0 Å². The van der Waals surface area contributed by atoms with Gasteiger partial charge in [0.05, 0.1) is 0 Å². The third-order valence-corrected chi connectivity index (χ3v) is 5.22. The predicted molar refractivity (Wildman–Crippen MR) is 83.8 cm³/mol. The molecule has 2 rings (SSSR count). The quantitative estimate of drug-likeness (QED) is 0.814. The Morgan fingerprint density at radius 2 is 1.81 bits per heavy atom. The van der Waals surface area contributed by atoms with Crippen molar-refractivity contribution < 1.29 is 9.59 Å². The molecule has 1 saturated carbocycles. The number of rotatable bonds is 3. The molecule has 4 nitrogen and oxygen atoms in total. The van der Waals surface area contributed by atoms with E-state index in [4.69, 9.17) is 0 Å². The Morgan fingerprint density at radius 1 is 1.19 bits per heavy atom. The van der Waals surface area contributed by atoms with Crippen LogP contribution in [0.25, 0.3) is 0 Å². The minimum absolute atomic E-state index is 0.0228. The number of hydrogen-bond donors (Lipinski definition) is 1. The average molecular weight is 294 g/mol. The van der Waals surface area contributed by atoms with E-state index < -0.39 is 0 Å². The molecule has 1 heterocycles. The first-order valence-corrected chi connectivity index (χ1v) is 8.66. The molecule has 1 aliphatic heterocycles. The molecule has 1 N–H and O–H groups in total. The second-order valence-corrected chi connectivity index (χ2v) is 6.87. The van der Waals surface area contributed by atoms with E-state index in [9.17, 15) is 9.59 Å². The van der Waals surface area contributed by atoms with Gasteiger partial charge in [-0.25, -0.2) is 0 Å². The van der Waals surface area contributed by atoms with Crippen LogP contribution in [-0.2, 0) is 9.59 Å². The number of hydrogen-bond acceptors (Lipinski definition) is 2. The highest BCUT2D eigenvalue weighted by Gasteiger charge is 2.39. The number of carbonyl (C=O) groups is 2. The van der Waals surface area contributed by atoms with Gasteiger partial charge in [0.15, 0.2) is 0 Å². The maximum absolute atomic E-state index is 13.0. The molecule has 0 spiro atoms. The number of nitrogens with one attached hydrogen (secondary N) is 1. The van der Waals surface area contributed by atoms with Crippen LogP contribution in [0.15, 0.2) is 0 Å². The molecule has 2 aliphatic rings. The van der Waals surface area contributed by atoms with Crippen LogP contribution in [-0.4, -0.2) is 34.8 Å². The molecule has 1 saturated heterocycles. The highest BCUT2D eigenvalue weighted by atomic mass is 16.2. The van der Waals surface area contributed by atoms with E-state index in [1.54, 1.807) is 0 Å². The third kappa shape index (κ3) is 3.78. The molecule has 3 atom stereocenters. The van der Waals surface area contributed by atoms with Crippen molar-refractivity contribution in [2.45, 2.75) is 90.3 Å². The lowest BCUT2D eigenvalue weighted by atomic mass is 9.96. The van der Waals surface area contributed by atoms with E-state index in [1.165, 1.54) is 25.7 Å². The summed E-state index contributed by atoms with van der Waals surface area (Å²) in [6.07, 6.45) is 8.50. The smallest absolute Gasteiger partial charge is 0.245 e. The van der Waals surface area contributed by atoms with Crippen LogP contribution in [0, 0.1) is 5.92 Å². The highest BCUT2D eigenvalue weighted by molar-refractivity contribution is 5.90. The van der Waals surface area contributed by atoms with E-state index >= 15 is 0 Å². The van der Waals surface area contributed by atoms with Gasteiger partial charge in [0, 0.05) is 18.5 Å². The molecule has 1 aliphatic carbocycles. The van der Waals surface area contributed by atoms with Crippen LogP contribution >= 0.6 is 0 Å². The van der Waals surface area contributed by atoms with E-state index in [2.05, 4.69) is 24.1 Å². The Labute approximate surface area is 128 Å². The molecule has 0 aromatic carbocycles. The van der Waals surface area contributed by atoms with E-state index in [-0.39, 0.29) is 29.8 Å². The van der Waals surface area contributed by atoms with Gasteiger partial charge >= 0.3 is 0 Å². The summed E-state index contributed by atoms with van der Waals surface area (Å²) in [5.74, 6) is 0.368. The zero-order valence-electron chi connectivity index (χ0n) is 13.7. The van der Waals surface area contributed by atoms with Crippen LogP contribution in [0.5, 0.6) is 0 Å². The Kier molecular flexibility index (Phi) is 5.65. The van der Waals surface area contributed by atoms with Crippen molar-refractivity contribution in [1.29, 1.82) is 0 Å². The van der Waals surface area contributed by atoms with Gasteiger partial charge in [0.1, 0.15) is 6.04 Å². The molecular formula is C17H30N2O2. The summed E-state index contributed by atoms with van der Waals surface area (Å²) in [4.78, 5) is 27.2. The molecule has 3 unspecified atom stereocenters. The lowest BCUT2D eigenvalue weighted by molar-refractivity contribution is -0.139. The molecule has 4 heteroatoms. The van der Waals surface area contributed by atoms with E-state index in [1.807, 2.05) is 6.92 Å². The van der Waals surface area contributed by atoms with E-state index in [0.29, 0.717) is 12.5 Å². The fourth-order valence-corrected chi connectivity index (χ4v) is 3.74. The van der Waals surface area contributed by atoms with Gasteiger partial charge < -0.3 is 10.2 Å². The van der Waals surface area contributed by atoms with Gasteiger partial charge in [-0.2, -0.15) is 0 Å². The molecule has 0 radical (unpaired) electrons. The largest absolute Gasteiger partial charge is 0.344 e. The lowest BCUT2D eigenvalue weighted by Crippen LogP contribution is -2.53. The molecule has 120 valence electrons. The molecule has 0 bridgehead atoms. The monoisotopic (exact) mass is 294 g/mol. The van der Waals surface area contributed by atoms with Crippen molar-refractivity contribution in [3.63, 3.8) is 0 Å². The highest BCUT2D eigenvalue weighted by Crippen LogP contribution is 2.27. The zero-order chi connectivity index (χ0) is 15.4. The van der Waals surface area contributed by atoms with Gasteiger partial charge in [-0.15, -0.1) is 0 Å². The lowest BCUT2D eigenvalue weighted by Gasteiger charge is -2.37. The number of carbonyl (C=O) groups excluding carboxylic acids is 2. The van der Waals surface area contributed by atoms with E-state index in [0.717, 1.165) is 19.3 Å². The first-order chi connectivity index (χ1) is 10.0. The van der Waals surface area contributed by atoms with Crippen molar-refractivity contribution in [2.75, 3.05) is 0 Å². The average Bonchev–Trinajstić information content (AvgIpc) is 2.77. The van der Waals surface area contributed by atoms with Gasteiger partial charge in [-0.3, -0.25) is 9.59 Å². The second-order valence-electron chi connectivity index (χ2n) is 6.87. The van der Waals surface area contributed by atoms with Crippen LogP contribution in [0.1, 0.15) is 72.1 Å². The fourth-order valence-electron chi connectivity index (χ4n) is 3.74. The molecule has 0 aromatic rings. The summed E-state index contributed by atoms with van der Waals surface area (Å²) < 4.78 is 0. The summed E-state index contributed by atoms with van der Waals surface area (Å²) in [5.41, 5.74) is 0. The summed E-state index contributed by atoms with van der Waals surface area (Å²) in [6.45, 7) is 6.17. The van der Waals surface area contributed by atoms with Crippen molar-refractivity contribution in [3.05, 3.63) is 0 Å². The minimum atomic E-state index is -0.337. The Bertz CT molecular complexity index is 375. The molecule has 2 amide bonds. The first kappa shape index (κ1) is 16.3. The van der Waals surface area contributed by atoms with Crippen molar-refractivity contribution in [1.82, 2.24) is 10.2 Å². The van der Waals surface area contributed by atoms with Crippen LogP contribution in [0.4, 0.5) is 0 Å². The molecular weight excluding hydrogens is 264 g/mol. The topological polar surface area (TPSA) is 49.4 Å². The van der Waals surface area contributed by atoms with Crippen LogP contribution < -0.4 is 5.32 Å². The Balaban J connectivity index is 2.22. The van der Waals surface area contributed by atoms with Crippen LogP contribution in [0.2, 0.25) is 0 Å². The number of amides is 2. The SMILES string of the molecule is CCC(C)C1NC(=O)CC(C)N(C2CCCCCC2)C1=O. The van der Waals surface area contributed by atoms with Gasteiger partial charge in [-0.05, 0) is 25.7 Å². The fraction of sp³-hybridized carbons (Fsp3) is 0.882. The Morgan fingerprint density at radius 3 is 2.38 bits per heavy atom. The summed E-state index contributed by atoms with van der Waals surface area (Å²) in [5, 5.41) is 2.96. The summed E-state index contributed by atoms with van der Waals surface area (Å²) >= 11 is 0. The number of nitrogens with zero attached hydrogens (tertiary/aromatic N) is 1. The van der Waals surface area contributed by atoms with Crippen molar-refractivity contribution in [2.24, 2.45) is 5.92 Å². The zero-order valence-corrected chi connectivity index (χ0v) is 13.7.